The van der Waals surface area contributed by atoms with Gasteiger partial charge in [0.25, 0.3) is 0 Å². The van der Waals surface area contributed by atoms with E-state index in [1.807, 2.05) is 23.5 Å². The van der Waals surface area contributed by atoms with Crippen LogP contribution in [-0.4, -0.2) is 4.57 Å². The Labute approximate surface area is 328 Å². The minimum Gasteiger partial charge on any atom is -0.309 e. The molecule has 11 rings (SSSR count). The topological polar surface area (TPSA) is 16.6 Å². The van der Waals surface area contributed by atoms with Gasteiger partial charge in [-0.3, -0.25) is 0 Å². The van der Waals surface area contributed by atoms with Crippen molar-refractivity contribution in [2.24, 2.45) is 0 Å². The molecule has 3 aromatic heterocycles. The van der Waals surface area contributed by atoms with Gasteiger partial charge >= 0.3 is 19.0 Å². The fourth-order valence-electron chi connectivity index (χ4n) is 8.13. The Morgan fingerprint density at radius 2 is 0.929 bits per heavy atom. The summed E-state index contributed by atoms with van der Waals surface area (Å²) in [5, 5.41) is 5.16. The van der Waals surface area contributed by atoms with Gasteiger partial charge in [-0.25, -0.2) is 0 Å². The molecule has 0 aliphatic carbocycles. The highest BCUT2D eigenvalue weighted by Crippen LogP contribution is 2.42. The molecular formula is C51H35N4S+3. The molecule has 0 atom stereocenters. The predicted octanol–water partition coefficient (Wildman–Crippen LogP) is 11.3. The summed E-state index contributed by atoms with van der Waals surface area (Å²) in [5.74, 6) is 0. The largest absolute Gasteiger partial charge is 0.428 e. The van der Waals surface area contributed by atoms with Crippen LogP contribution in [0.1, 0.15) is 0 Å². The Kier molecular flexibility index (Phi) is 7.64. The van der Waals surface area contributed by atoms with E-state index in [4.69, 9.17) is 0 Å². The summed E-state index contributed by atoms with van der Waals surface area (Å²) in [6.45, 7) is 0. The molecule has 262 valence electrons. The highest BCUT2D eigenvalue weighted by molar-refractivity contribution is 7.26. The Morgan fingerprint density at radius 1 is 0.357 bits per heavy atom. The van der Waals surface area contributed by atoms with Crippen LogP contribution in [0.25, 0.3) is 87.0 Å². The molecule has 8 aromatic carbocycles. The molecule has 0 aliphatic heterocycles. The maximum Gasteiger partial charge on any atom is 0.428 e. The van der Waals surface area contributed by atoms with Crippen molar-refractivity contribution in [3.8, 4) is 45.0 Å². The van der Waals surface area contributed by atoms with Crippen molar-refractivity contribution < 1.29 is 13.7 Å². The first-order chi connectivity index (χ1) is 27.7. The monoisotopic (exact) mass is 735 g/mol. The van der Waals surface area contributed by atoms with Gasteiger partial charge in [0.15, 0.2) is 0 Å². The van der Waals surface area contributed by atoms with E-state index in [2.05, 4.69) is 219 Å². The lowest BCUT2D eigenvalue weighted by atomic mass is 10.0. The molecule has 0 bridgehead atoms. The number of rotatable bonds is 6. The van der Waals surface area contributed by atoms with Gasteiger partial charge in [0.05, 0.1) is 11.0 Å². The van der Waals surface area contributed by atoms with E-state index < -0.39 is 0 Å². The second-order valence-electron chi connectivity index (χ2n) is 14.2. The maximum absolute atomic E-state index is 2.40. The van der Waals surface area contributed by atoms with E-state index in [9.17, 15) is 0 Å². The van der Waals surface area contributed by atoms with Crippen LogP contribution in [0.3, 0.4) is 0 Å². The molecule has 11 aromatic rings. The standard InChI is InChI=1S/C51H35N4S/c1-3-14-39(15-4-1)52-33-53(40-16-5-2-6-17-40)35-54(34-52)42-18-11-13-37(31-42)36-25-28-41(29-26-36)55-48-23-9-7-19-44(48)47-32-38(27-30-49(47)55)43-21-12-22-46-45-20-8-10-24-50(45)56-51(43)46/h1-35H/q+3. The van der Waals surface area contributed by atoms with Crippen LogP contribution in [0.5, 0.6) is 0 Å². The molecule has 0 unspecified atom stereocenters. The molecule has 0 spiro atoms. The molecular weight excluding hydrogens is 701 g/mol. The Bertz CT molecular complexity index is 3180. The van der Waals surface area contributed by atoms with Crippen LogP contribution in [0.15, 0.2) is 213 Å². The van der Waals surface area contributed by atoms with Crippen LogP contribution < -0.4 is 13.7 Å². The van der Waals surface area contributed by atoms with Crippen molar-refractivity contribution >= 4 is 53.3 Å². The first kappa shape index (κ1) is 32.2. The number of fused-ring (bicyclic) bond motifs is 6. The van der Waals surface area contributed by atoms with E-state index in [-0.39, 0.29) is 0 Å². The number of nitrogens with zero attached hydrogens (tertiary/aromatic N) is 4. The van der Waals surface area contributed by atoms with Gasteiger partial charge in [-0.15, -0.1) is 11.3 Å². The summed E-state index contributed by atoms with van der Waals surface area (Å²) < 4.78 is 11.6. The third kappa shape index (κ3) is 5.48. The third-order valence-electron chi connectivity index (χ3n) is 10.8. The lowest BCUT2D eigenvalue weighted by molar-refractivity contribution is -0.858. The molecule has 0 saturated carbocycles. The predicted molar refractivity (Wildman–Crippen MR) is 229 cm³/mol. The molecule has 0 N–H and O–H groups in total. The van der Waals surface area contributed by atoms with Crippen molar-refractivity contribution in [1.29, 1.82) is 0 Å². The number of thiophene rings is 1. The molecule has 5 heteroatoms. The van der Waals surface area contributed by atoms with Crippen molar-refractivity contribution in [2.75, 3.05) is 0 Å². The Balaban J connectivity index is 0.975. The zero-order valence-electron chi connectivity index (χ0n) is 30.4. The van der Waals surface area contributed by atoms with Gasteiger partial charge in [-0.05, 0) is 58.7 Å². The third-order valence-corrected chi connectivity index (χ3v) is 12.1. The van der Waals surface area contributed by atoms with Gasteiger partial charge < -0.3 is 4.57 Å². The van der Waals surface area contributed by atoms with Crippen LogP contribution in [-0.2, 0) is 0 Å². The summed E-state index contributed by atoms with van der Waals surface area (Å²) in [5.41, 5.74) is 11.7. The second kappa shape index (κ2) is 13.3. The second-order valence-corrected chi connectivity index (χ2v) is 15.3. The normalized spacial score (nSPS) is 11.6. The molecule has 0 saturated heterocycles. The van der Waals surface area contributed by atoms with Crippen molar-refractivity contribution in [1.82, 2.24) is 4.57 Å². The SMILES string of the molecule is c1ccc(-[n+]2c[n+](-c3ccccc3)c[n+](-c3cccc(-c4ccc(-n5c6ccccc6c6cc(-c7cccc8c7sc7ccccc78)ccc65)cc4)c3)c2)cc1. The molecule has 4 nitrogen and oxygen atoms in total. The minimum absolute atomic E-state index is 1.08. The van der Waals surface area contributed by atoms with Crippen LogP contribution in [0, 0.1) is 0 Å². The average molecular weight is 736 g/mol. The highest BCUT2D eigenvalue weighted by Gasteiger charge is 2.25. The first-order valence-corrected chi connectivity index (χ1v) is 19.7. The average Bonchev–Trinajstić information content (AvgIpc) is 3.83. The van der Waals surface area contributed by atoms with E-state index in [1.54, 1.807) is 0 Å². The summed E-state index contributed by atoms with van der Waals surface area (Å²) in [7, 11) is 0. The zero-order valence-corrected chi connectivity index (χ0v) is 31.2. The molecule has 3 heterocycles. The summed E-state index contributed by atoms with van der Waals surface area (Å²) in [4.78, 5) is 0. The fraction of sp³-hybridized carbons (Fsp3) is 0. The maximum atomic E-state index is 2.40. The molecule has 56 heavy (non-hydrogen) atoms. The smallest absolute Gasteiger partial charge is 0.309 e. The number of hydrogen-bond donors (Lipinski definition) is 0. The van der Waals surface area contributed by atoms with Crippen molar-refractivity contribution in [3.63, 3.8) is 0 Å². The van der Waals surface area contributed by atoms with Crippen LogP contribution in [0.4, 0.5) is 0 Å². The van der Waals surface area contributed by atoms with E-state index in [0.717, 1.165) is 28.3 Å². The molecule has 0 aliphatic rings. The molecule has 0 amide bonds. The van der Waals surface area contributed by atoms with E-state index in [0.29, 0.717) is 0 Å². The fourth-order valence-corrected chi connectivity index (χ4v) is 9.37. The summed E-state index contributed by atoms with van der Waals surface area (Å²) in [6.07, 6.45) is 6.38. The highest BCUT2D eigenvalue weighted by atomic mass is 32.1. The van der Waals surface area contributed by atoms with Gasteiger partial charge in [-0.2, -0.15) is 0 Å². The van der Waals surface area contributed by atoms with E-state index >= 15 is 0 Å². The Morgan fingerprint density at radius 3 is 1.68 bits per heavy atom. The van der Waals surface area contributed by atoms with Gasteiger partial charge in [0.1, 0.15) is 0 Å². The lowest BCUT2D eigenvalue weighted by Crippen LogP contribution is -2.55. The Hall–Kier alpha value is -7.21. The summed E-state index contributed by atoms with van der Waals surface area (Å²) >= 11 is 1.88. The lowest BCUT2D eigenvalue weighted by Gasteiger charge is -2.10. The number of benzene rings is 8. The quantitative estimate of drug-likeness (QED) is 0.151. The number of para-hydroxylation sites is 3. The summed E-state index contributed by atoms with van der Waals surface area (Å²) in [6, 6.07) is 69.8. The minimum atomic E-state index is 1.08. The number of hydrogen-bond acceptors (Lipinski definition) is 1. The molecule has 0 fully saturated rings. The van der Waals surface area contributed by atoms with Crippen molar-refractivity contribution in [2.45, 2.75) is 0 Å². The van der Waals surface area contributed by atoms with Crippen LogP contribution >= 0.6 is 11.3 Å². The zero-order chi connectivity index (χ0) is 37.0. The first-order valence-electron chi connectivity index (χ1n) is 18.9. The molecule has 0 radical (unpaired) electrons. The van der Waals surface area contributed by atoms with Crippen LogP contribution in [0.2, 0.25) is 0 Å². The number of aromatic nitrogens is 4. The van der Waals surface area contributed by atoms with Gasteiger partial charge in [-0.1, -0.05) is 135 Å². The van der Waals surface area contributed by atoms with Crippen molar-refractivity contribution in [3.05, 3.63) is 213 Å². The van der Waals surface area contributed by atoms with Gasteiger partial charge in [0.2, 0.25) is 17.1 Å². The van der Waals surface area contributed by atoms with E-state index in [1.165, 1.54) is 58.7 Å². The van der Waals surface area contributed by atoms with Gasteiger partial charge in [0, 0.05) is 73.0 Å².